The molecule has 1 saturated heterocycles. The number of nitrogens with one attached hydrogen (secondary N) is 1. The number of likely N-dealkylation sites (tertiary alicyclic amines) is 1. The maximum absolute atomic E-state index is 13.6. The van der Waals surface area contributed by atoms with Crippen LogP contribution in [-0.2, 0) is 14.8 Å². The molecule has 0 spiro atoms. The number of rotatable bonds is 3. The molecule has 1 aromatic rings. The van der Waals surface area contributed by atoms with Gasteiger partial charge < -0.3 is 9.64 Å². The van der Waals surface area contributed by atoms with E-state index in [0.29, 0.717) is 13.0 Å². The Morgan fingerprint density at radius 2 is 2.17 bits per heavy atom. The predicted octanol–water partition coefficient (Wildman–Crippen LogP) is 1.91. The van der Waals surface area contributed by atoms with Gasteiger partial charge in [0.2, 0.25) is 10.0 Å². The van der Waals surface area contributed by atoms with Crippen molar-refractivity contribution in [1.82, 2.24) is 9.62 Å². The Balaban J connectivity index is 2.01. The first kappa shape index (κ1) is 17.7. The van der Waals surface area contributed by atoms with Gasteiger partial charge in [0, 0.05) is 19.1 Å². The Labute approximate surface area is 135 Å². The molecule has 0 bridgehead atoms. The summed E-state index contributed by atoms with van der Waals surface area (Å²) < 4.78 is 45.7. The van der Waals surface area contributed by atoms with E-state index in [4.69, 9.17) is 4.74 Å². The summed E-state index contributed by atoms with van der Waals surface area (Å²) in [5.74, 6) is -0.835. The van der Waals surface area contributed by atoms with Crippen molar-refractivity contribution in [2.75, 3.05) is 13.1 Å². The van der Waals surface area contributed by atoms with Crippen LogP contribution in [-0.4, -0.2) is 44.1 Å². The van der Waals surface area contributed by atoms with Crippen molar-refractivity contribution in [3.05, 3.63) is 30.1 Å². The lowest BCUT2D eigenvalue weighted by atomic mass is 10.2. The summed E-state index contributed by atoms with van der Waals surface area (Å²) in [5.41, 5.74) is -0.613. The van der Waals surface area contributed by atoms with Gasteiger partial charge in [-0.25, -0.2) is 22.3 Å². The van der Waals surface area contributed by atoms with Crippen LogP contribution in [0, 0.1) is 11.9 Å². The SMILES string of the molecule is CC(C)(C)OC(=O)N1CCC(NS(=O)(=O)c2c[c]ccc2F)C1. The third-order valence-electron chi connectivity index (χ3n) is 3.23. The second kappa shape index (κ2) is 6.45. The van der Waals surface area contributed by atoms with Gasteiger partial charge >= 0.3 is 6.09 Å². The van der Waals surface area contributed by atoms with Gasteiger partial charge in [-0.3, -0.25) is 0 Å². The Bertz CT molecular complexity index is 685. The highest BCUT2D eigenvalue weighted by atomic mass is 32.2. The van der Waals surface area contributed by atoms with Crippen LogP contribution in [0.3, 0.4) is 0 Å². The van der Waals surface area contributed by atoms with E-state index in [2.05, 4.69) is 10.8 Å². The molecule has 1 aliphatic heterocycles. The lowest BCUT2D eigenvalue weighted by Gasteiger charge is -2.24. The van der Waals surface area contributed by atoms with Gasteiger partial charge in [-0.2, -0.15) is 0 Å². The Morgan fingerprint density at radius 3 is 2.78 bits per heavy atom. The molecule has 1 aliphatic rings. The molecule has 1 fully saturated rings. The lowest BCUT2D eigenvalue weighted by molar-refractivity contribution is 0.0292. The van der Waals surface area contributed by atoms with Crippen LogP contribution in [0.1, 0.15) is 27.2 Å². The summed E-state index contributed by atoms with van der Waals surface area (Å²) in [6.45, 7) is 5.85. The van der Waals surface area contributed by atoms with Gasteiger partial charge in [-0.1, -0.05) is 6.07 Å². The standard InChI is InChI=1S/C15H20FN2O4S/c1-15(2,3)22-14(19)18-9-8-11(10-18)17-23(20,21)13-7-5-4-6-12(13)16/h4,6-7,11,17H,8-10H2,1-3H3. The zero-order chi connectivity index (χ0) is 17.3. The lowest BCUT2D eigenvalue weighted by Crippen LogP contribution is -2.40. The molecule has 1 radical (unpaired) electrons. The minimum atomic E-state index is -3.99. The number of amides is 1. The second-order valence-corrected chi connectivity index (χ2v) is 8.07. The van der Waals surface area contributed by atoms with Gasteiger partial charge in [0.1, 0.15) is 16.3 Å². The number of halogens is 1. The van der Waals surface area contributed by atoms with Crippen molar-refractivity contribution < 1.29 is 22.3 Å². The minimum Gasteiger partial charge on any atom is -0.444 e. The fraction of sp³-hybridized carbons (Fsp3) is 0.533. The largest absolute Gasteiger partial charge is 0.444 e. The minimum absolute atomic E-state index is 0.187. The summed E-state index contributed by atoms with van der Waals surface area (Å²) in [7, 11) is -3.99. The average Bonchev–Trinajstić information content (AvgIpc) is 2.85. The van der Waals surface area contributed by atoms with E-state index < -0.39 is 38.5 Å². The van der Waals surface area contributed by atoms with Crippen molar-refractivity contribution in [2.45, 2.75) is 43.7 Å². The van der Waals surface area contributed by atoms with Crippen LogP contribution in [0.2, 0.25) is 0 Å². The predicted molar refractivity (Wildman–Crippen MR) is 81.8 cm³/mol. The van der Waals surface area contributed by atoms with Gasteiger partial charge in [0.05, 0.1) is 0 Å². The number of nitrogens with zero attached hydrogens (tertiary/aromatic N) is 1. The number of hydrogen-bond acceptors (Lipinski definition) is 4. The fourth-order valence-corrected chi connectivity index (χ4v) is 3.54. The van der Waals surface area contributed by atoms with E-state index >= 15 is 0 Å². The van der Waals surface area contributed by atoms with Gasteiger partial charge in [0.25, 0.3) is 0 Å². The Hall–Kier alpha value is -1.67. The molecule has 1 aromatic carbocycles. The summed E-state index contributed by atoms with van der Waals surface area (Å²) in [4.78, 5) is 12.9. The maximum atomic E-state index is 13.6. The molecule has 1 N–H and O–H groups in total. The smallest absolute Gasteiger partial charge is 0.410 e. The average molecular weight is 343 g/mol. The van der Waals surface area contributed by atoms with Crippen LogP contribution in [0.15, 0.2) is 23.1 Å². The molecule has 0 aliphatic carbocycles. The monoisotopic (exact) mass is 343 g/mol. The first-order chi connectivity index (χ1) is 10.6. The third-order valence-corrected chi connectivity index (χ3v) is 4.76. The Kier molecular flexibility index (Phi) is 4.95. The maximum Gasteiger partial charge on any atom is 0.410 e. The van der Waals surface area contributed by atoms with E-state index in [0.717, 1.165) is 12.1 Å². The molecular formula is C15H20FN2O4S. The molecule has 127 valence electrons. The molecule has 1 atom stereocenters. The van der Waals surface area contributed by atoms with Gasteiger partial charge in [-0.05, 0) is 45.4 Å². The topological polar surface area (TPSA) is 75.7 Å². The van der Waals surface area contributed by atoms with Crippen LogP contribution < -0.4 is 4.72 Å². The number of ether oxygens (including phenoxy) is 1. The van der Waals surface area contributed by atoms with Crippen molar-refractivity contribution in [3.8, 4) is 0 Å². The van der Waals surface area contributed by atoms with Crippen LogP contribution >= 0.6 is 0 Å². The summed E-state index contributed by atoms with van der Waals surface area (Å²) in [6.07, 6.45) is -0.0465. The highest BCUT2D eigenvalue weighted by molar-refractivity contribution is 7.89. The molecule has 0 saturated carbocycles. The molecule has 1 unspecified atom stereocenters. The van der Waals surface area contributed by atoms with Crippen molar-refractivity contribution in [2.24, 2.45) is 0 Å². The molecule has 1 heterocycles. The first-order valence-corrected chi connectivity index (χ1v) is 8.73. The molecule has 8 heteroatoms. The number of hydrogen-bond donors (Lipinski definition) is 1. The van der Waals surface area contributed by atoms with Crippen molar-refractivity contribution in [3.63, 3.8) is 0 Å². The molecule has 1 amide bonds. The van der Waals surface area contributed by atoms with Crippen LogP contribution in [0.5, 0.6) is 0 Å². The van der Waals surface area contributed by atoms with E-state index in [1.54, 1.807) is 20.8 Å². The number of carbonyl (C=O) groups excluding carboxylic acids is 1. The van der Waals surface area contributed by atoms with Crippen molar-refractivity contribution in [1.29, 1.82) is 0 Å². The van der Waals surface area contributed by atoms with Crippen molar-refractivity contribution >= 4 is 16.1 Å². The third kappa shape index (κ3) is 4.65. The van der Waals surface area contributed by atoms with Crippen LogP contribution in [0.25, 0.3) is 0 Å². The fourth-order valence-electron chi connectivity index (χ4n) is 2.23. The van der Waals surface area contributed by atoms with E-state index in [9.17, 15) is 17.6 Å². The van der Waals surface area contributed by atoms with E-state index in [-0.39, 0.29) is 6.54 Å². The summed E-state index contributed by atoms with van der Waals surface area (Å²) >= 11 is 0. The number of benzene rings is 1. The van der Waals surface area contributed by atoms with E-state index in [1.165, 1.54) is 11.0 Å². The molecule has 23 heavy (non-hydrogen) atoms. The molecule has 6 nitrogen and oxygen atoms in total. The second-order valence-electron chi connectivity index (χ2n) is 6.39. The zero-order valence-corrected chi connectivity index (χ0v) is 14.1. The summed E-state index contributed by atoms with van der Waals surface area (Å²) in [5, 5.41) is 0. The highest BCUT2D eigenvalue weighted by Crippen LogP contribution is 2.18. The molecule has 2 rings (SSSR count). The normalized spacial score (nSPS) is 19.0. The quantitative estimate of drug-likeness (QED) is 0.910. The molecule has 0 aromatic heterocycles. The van der Waals surface area contributed by atoms with Crippen LogP contribution in [0.4, 0.5) is 9.18 Å². The zero-order valence-electron chi connectivity index (χ0n) is 13.3. The van der Waals surface area contributed by atoms with E-state index in [1.807, 2.05) is 0 Å². The first-order valence-electron chi connectivity index (χ1n) is 7.24. The highest BCUT2D eigenvalue weighted by Gasteiger charge is 2.32. The summed E-state index contributed by atoms with van der Waals surface area (Å²) in [6, 6.07) is 5.48. The van der Waals surface area contributed by atoms with Gasteiger partial charge in [-0.15, -0.1) is 0 Å². The number of sulfonamides is 1. The number of carbonyl (C=O) groups is 1. The molecular weight excluding hydrogens is 323 g/mol. The van der Waals surface area contributed by atoms with Gasteiger partial charge in [0.15, 0.2) is 0 Å². The Morgan fingerprint density at radius 1 is 1.48 bits per heavy atom.